The second-order valence-corrected chi connectivity index (χ2v) is 6.73. The molecule has 1 aliphatic rings. The summed E-state index contributed by atoms with van der Waals surface area (Å²) in [4.78, 5) is 28.3. The SMILES string of the molecule is CC(=O)c1cccc(NC(=O)CN2CCN(c3ccccc3C)CC2)c1. The van der Waals surface area contributed by atoms with Crippen molar-refractivity contribution in [2.24, 2.45) is 0 Å². The van der Waals surface area contributed by atoms with Gasteiger partial charge in [0, 0.05) is 43.1 Å². The highest BCUT2D eigenvalue weighted by Crippen LogP contribution is 2.20. The third-order valence-electron chi connectivity index (χ3n) is 4.75. The molecule has 0 radical (unpaired) electrons. The summed E-state index contributed by atoms with van der Waals surface area (Å²) in [5.74, 6) is -0.0523. The average Bonchev–Trinajstić information content (AvgIpc) is 2.63. The number of nitrogens with zero attached hydrogens (tertiary/aromatic N) is 2. The van der Waals surface area contributed by atoms with Crippen LogP contribution >= 0.6 is 0 Å². The van der Waals surface area contributed by atoms with E-state index in [0.29, 0.717) is 17.8 Å². The molecule has 0 atom stereocenters. The lowest BCUT2D eigenvalue weighted by molar-refractivity contribution is -0.117. The number of carbonyl (C=O) groups is 2. The minimum atomic E-state index is -0.0463. The fraction of sp³-hybridized carbons (Fsp3) is 0.333. The molecule has 0 saturated carbocycles. The number of carbonyl (C=O) groups excluding carboxylic acids is 2. The molecule has 0 spiro atoms. The Bertz CT molecular complexity index is 795. The predicted molar refractivity (Wildman–Crippen MR) is 105 cm³/mol. The number of nitrogens with one attached hydrogen (secondary N) is 1. The first-order chi connectivity index (χ1) is 12.5. The van der Waals surface area contributed by atoms with E-state index in [1.165, 1.54) is 18.2 Å². The molecule has 0 bridgehead atoms. The van der Waals surface area contributed by atoms with Crippen molar-refractivity contribution in [3.63, 3.8) is 0 Å². The molecule has 1 amide bonds. The highest BCUT2D eigenvalue weighted by atomic mass is 16.2. The average molecular weight is 351 g/mol. The molecule has 0 aliphatic carbocycles. The number of amides is 1. The van der Waals surface area contributed by atoms with Gasteiger partial charge in [-0.2, -0.15) is 0 Å². The third-order valence-corrected chi connectivity index (χ3v) is 4.75. The van der Waals surface area contributed by atoms with Crippen LogP contribution in [0.1, 0.15) is 22.8 Å². The molecule has 1 heterocycles. The van der Waals surface area contributed by atoms with E-state index in [0.717, 1.165) is 26.2 Å². The lowest BCUT2D eigenvalue weighted by Gasteiger charge is -2.36. The van der Waals surface area contributed by atoms with Gasteiger partial charge < -0.3 is 10.2 Å². The van der Waals surface area contributed by atoms with Gasteiger partial charge >= 0.3 is 0 Å². The van der Waals surface area contributed by atoms with Crippen LogP contribution < -0.4 is 10.2 Å². The molecule has 3 rings (SSSR count). The van der Waals surface area contributed by atoms with Crippen molar-refractivity contribution in [3.05, 3.63) is 59.7 Å². The zero-order valence-electron chi connectivity index (χ0n) is 15.4. The fourth-order valence-electron chi connectivity index (χ4n) is 3.28. The lowest BCUT2D eigenvalue weighted by atomic mass is 10.1. The largest absolute Gasteiger partial charge is 0.369 e. The molecule has 1 saturated heterocycles. The first-order valence-electron chi connectivity index (χ1n) is 8.97. The van der Waals surface area contributed by atoms with Gasteiger partial charge in [0.15, 0.2) is 5.78 Å². The summed E-state index contributed by atoms with van der Waals surface area (Å²) >= 11 is 0. The lowest BCUT2D eigenvalue weighted by Crippen LogP contribution is -2.48. The molecule has 0 aromatic heterocycles. The van der Waals surface area contributed by atoms with E-state index in [9.17, 15) is 9.59 Å². The van der Waals surface area contributed by atoms with Crippen molar-refractivity contribution in [1.29, 1.82) is 0 Å². The Hall–Kier alpha value is -2.66. The Balaban J connectivity index is 1.51. The van der Waals surface area contributed by atoms with Gasteiger partial charge in [0.1, 0.15) is 0 Å². The highest BCUT2D eigenvalue weighted by molar-refractivity contribution is 5.97. The topological polar surface area (TPSA) is 52.7 Å². The standard InChI is InChI=1S/C21H25N3O2/c1-16-6-3-4-9-20(16)24-12-10-23(11-13-24)15-21(26)22-19-8-5-7-18(14-19)17(2)25/h3-9,14H,10-13,15H2,1-2H3,(H,22,26). The second kappa shape index (κ2) is 8.15. The molecule has 2 aromatic rings. The summed E-state index contributed by atoms with van der Waals surface area (Å²) in [5, 5.41) is 2.89. The minimum Gasteiger partial charge on any atom is -0.369 e. The van der Waals surface area contributed by atoms with Crippen molar-refractivity contribution in [2.45, 2.75) is 13.8 Å². The first kappa shape index (κ1) is 18.1. The molecule has 5 nitrogen and oxygen atoms in total. The van der Waals surface area contributed by atoms with E-state index in [-0.39, 0.29) is 11.7 Å². The van der Waals surface area contributed by atoms with Crippen LogP contribution in [0.15, 0.2) is 48.5 Å². The van der Waals surface area contributed by atoms with E-state index in [1.807, 2.05) is 0 Å². The van der Waals surface area contributed by atoms with Crippen LogP contribution in [0.5, 0.6) is 0 Å². The van der Waals surface area contributed by atoms with Gasteiger partial charge in [-0.25, -0.2) is 0 Å². The van der Waals surface area contributed by atoms with Crippen LogP contribution in [0, 0.1) is 6.92 Å². The number of aryl methyl sites for hydroxylation is 1. The maximum atomic E-state index is 12.3. The maximum absolute atomic E-state index is 12.3. The fourth-order valence-corrected chi connectivity index (χ4v) is 3.28. The summed E-state index contributed by atoms with van der Waals surface area (Å²) in [6.45, 7) is 7.56. The van der Waals surface area contributed by atoms with Crippen LogP contribution in [0.4, 0.5) is 11.4 Å². The zero-order chi connectivity index (χ0) is 18.5. The number of hydrogen-bond donors (Lipinski definition) is 1. The van der Waals surface area contributed by atoms with Crippen LogP contribution in [0.2, 0.25) is 0 Å². The number of rotatable bonds is 5. The van der Waals surface area contributed by atoms with E-state index in [1.54, 1.807) is 24.3 Å². The summed E-state index contributed by atoms with van der Waals surface area (Å²) in [5.41, 5.74) is 3.83. The van der Waals surface area contributed by atoms with Crippen molar-refractivity contribution in [1.82, 2.24) is 4.90 Å². The van der Waals surface area contributed by atoms with Gasteiger partial charge in [-0.1, -0.05) is 30.3 Å². The van der Waals surface area contributed by atoms with Gasteiger partial charge in [-0.15, -0.1) is 0 Å². The molecule has 26 heavy (non-hydrogen) atoms. The zero-order valence-corrected chi connectivity index (χ0v) is 15.4. The number of para-hydroxylation sites is 1. The molecule has 1 fully saturated rings. The second-order valence-electron chi connectivity index (χ2n) is 6.73. The Labute approximate surface area is 154 Å². The van der Waals surface area contributed by atoms with Gasteiger partial charge in [0.25, 0.3) is 0 Å². The number of ketones is 1. The van der Waals surface area contributed by atoms with E-state index < -0.39 is 0 Å². The number of hydrogen-bond acceptors (Lipinski definition) is 4. The minimum absolute atomic E-state index is 0.00609. The molecular weight excluding hydrogens is 326 g/mol. The smallest absolute Gasteiger partial charge is 0.238 e. The number of Topliss-reactive ketones (excluding diaryl/α,β-unsaturated/α-hetero) is 1. The highest BCUT2D eigenvalue weighted by Gasteiger charge is 2.20. The van der Waals surface area contributed by atoms with Gasteiger partial charge in [-0.3, -0.25) is 14.5 Å². The number of benzene rings is 2. The van der Waals surface area contributed by atoms with Crippen LogP contribution in [-0.4, -0.2) is 49.3 Å². The summed E-state index contributed by atoms with van der Waals surface area (Å²) in [6.07, 6.45) is 0. The van der Waals surface area contributed by atoms with Crippen molar-refractivity contribution >= 4 is 23.1 Å². The Morgan fingerprint density at radius 2 is 1.73 bits per heavy atom. The summed E-state index contributed by atoms with van der Waals surface area (Å²) in [6, 6.07) is 15.5. The van der Waals surface area contributed by atoms with Gasteiger partial charge in [0.05, 0.1) is 6.54 Å². The Kier molecular flexibility index (Phi) is 5.68. The van der Waals surface area contributed by atoms with Crippen LogP contribution in [0.25, 0.3) is 0 Å². The van der Waals surface area contributed by atoms with Gasteiger partial charge in [-0.05, 0) is 37.6 Å². The molecule has 2 aromatic carbocycles. The Morgan fingerprint density at radius 3 is 2.42 bits per heavy atom. The molecule has 5 heteroatoms. The molecule has 136 valence electrons. The van der Waals surface area contributed by atoms with Gasteiger partial charge in [0.2, 0.25) is 5.91 Å². The number of piperazine rings is 1. The predicted octanol–water partition coefficient (Wildman–Crippen LogP) is 2.96. The molecule has 1 aliphatic heterocycles. The molecule has 1 N–H and O–H groups in total. The first-order valence-corrected chi connectivity index (χ1v) is 8.97. The monoisotopic (exact) mass is 351 g/mol. The normalized spacial score (nSPS) is 14.9. The molecule has 0 unspecified atom stereocenters. The quantitative estimate of drug-likeness (QED) is 0.842. The van der Waals surface area contributed by atoms with Crippen molar-refractivity contribution in [3.8, 4) is 0 Å². The van der Waals surface area contributed by atoms with Crippen molar-refractivity contribution < 1.29 is 9.59 Å². The Morgan fingerprint density at radius 1 is 1.00 bits per heavy atom. The van der Waals surface area contributed by atoms with E-state index in [4.69, 9.17) is 0 Å². The van der Waals surface area contributed by atoms with E-state index >= 15 is 0 Å². The van der Waals surface area contributed by atoms with Crippen LogP contribution in [-0.2, 0) is 4.79 Å². The third kappa shape index (κ3) is 4.49. The van der Waals surface area contributed by atoms with E-state index in [2.05, 4.69) is 46.3 Å². The molecular formula is C21H25N3O2. The van der Waals surface area contributed by atoms with Crippen molar-refractivity contribution in [2.75, 3.05) is 42.9 Å². The summed E-state index contributed by atoms with van der Waals surface area (Å²) in [7, 11) is 0. The summed E-state index contributed by atoms with van der Waals surface area (Å²) < 4.78 is 0. The van der Waals surface area contributed by atoms with Crippen LogP contribution in [0.3, 0.4) is 0 Å². The number of anilines is 2. The maximum Gasteiger partial charge on any atom is 0.238 e.